The molecule has 0 aliphatic carbocycles. The van der Waals surface area contributed by atoms with Crippen molar-refractivity contribution in [2.45, 2.75) is 33.2 Å². The third kappa shape index (κ3) is 4.29. The molecule has 0 saturated carbocycles. The van der Waals surface area contributed by atoms with Crippen molar-refractivity contribution in [2.75, 3.05) is 31.5 Å². The maximum Gasteiger partial charge on any atom is 0.231 e. The summed E-state index contributed by atoms with van der Waals surface area (Å²) in [5.41, 5.74) is 0.462. The maximum atomic E-state index is 12.5. The zero-order chi connectivity index (χ0) is 15.3. The Hall–Kier alpha value is -1.39. The molecule has 4 heteroatoms. The molecule has 0 unspecified atom stereocenters. The topological polar surface area (TPSA) is 44.4 Å². The number of anilines is 1. The van der Waals surface area contributed by atoms with Gasteiger partial charge in [-0.05, 0) is 38.9 Å². The Bertz CT molecular complexity index is 454. The molecule has 2 rings (SSSR count). The van der Waals surface area contributed by atoms with Gasteiger partial charge < -0.3 is 10.6 Å². The molecule has 2 N–H and O–H groups in total. The predicted octanol–water partition coefficient (Wildman–Crippen LogP) is 2.34. The van der Waals surface area contributed by atoms with Crippen LogP contribution in [0, 0.1) is 5.41 Å². The number of carbonyl (C=O) groups is 1. The summed E-state index contributed by atoms with van der Waals surface area (Å²) in [6.07, 6.45) is 1.12. The normalized spacial score (nSPS) is 15.8. The minimum absolute atomic E-state index is 0.0853. The van der Waals surface area contributed by atoms with E-state index in [-0.39, 0.29) is 5.91 Å². The highest BCUT2D eigenvalue weighted by Crippen LogP contribution is 2.22. The van der Waals surface area contributed by atoms with Crippen LogP contribution in [-0.4, -0.2) is 43.0 Å². The lowest BCUT2D eigenvalue weighted by atomic mass is 9.90. The molecule has 21 heavy (non-hydrogen) atoms. The van der Waals surface area contributed by atoms with Gasteiger partial charge in [0.05, 0.1) is 5.41 Å². The Labute approximate surface area is 127 Å². The number of benzene rings is 1. The summed E-state index contributed by atoms with van der Waals surface area (Å²) >= 11 is 0. The first-order valence-electron chi connectivity index (χ1n) is 7.84. The fraction of sp³-hybridized carbons (Fsp3) is 0.588. The molecule has 1 aliphatic rings. The molecule has 116 valence electrons. The zero-order valence-electron chi connectivity index (χ0n) is 13.4. The van der Waals surface area contributed by atoms with Gasteiger partial charge >= 0.3 is 0 Å². The van der Waals surface area contributed by atoms with Crippen LogP contribution in [0.15, 0.2) is 30.3 Å². The van der Waals surface area contributed by atoms with E-state index in [0.29, 0.717) is 6.04 Å². The lowest BCUT2D eigenvalue weighted by Gasteiger charge is -2.41. The molecule has 1 heterocycles. The van der Waals surface area contributed by atoms with E-state index >= 15 is 0 Å². The van der Waals surface area contributed by atoms with Crippen LogP contribution in [0.2, 0.25) is 0 Å². The van der Waals surface area contributed by atoms with Crippen LogP contribution in [0.25, 0.3) is 0 Å². The second kappa shape index (κ2) is 7.05. The third-order valence-corrected chi connectivity index (χ3v) is 4.03. The molecule has 1 aromatic rings. The fourth-order valence-electron chi connectivity index (χ4n) is 2.61. The Morgan fingerprint density at radius 3 is 2.52 bits per heavy atom. The summed E-state index contributed by atoms with van der Waals surface area (Å²) in [7, 11) is 0. The lowest BCUT2D eigenvalue weighted by molar-refractivity contribution is -0.125. The number of rotatable bonds is 7. The molecule has 0 bridgehead atoms. The van der Waals surface area contributed by atoms with Gasteiger partial charge in [0.15, 0.2) is 0 Å². The summed E-state index contributed by atoms with van der Waals surface area (Å²) in [6, 6.07) is 10.3. The lowest BCUT2D eigenvalue weighted by Crippen LogP contribution is -2.59. The number of amides is 1. The zero-order valence-corrected chi connectivity index (χ0v) is 13.4. The van der Waals surface area contributed by atoms with Gasteiger partial charge in [-0.2, -0.15) is 0 Å². The number of para-hydroxylation sites is 1. The van der Waals surface area contributed by atoms with E-state index in [2.05, 4.69) is 22.5 Å². The van der Waals surface area contributed by atoms with Crippen molar-refractivity contribution in [2.24, 2.45) is 5.41 Å². The molecule has 1 fully saturated rings. The first kappa shape index (κ1) is 16.0. The van der Waals surface area contributed by atoms with Crippen molar-refractivity contribution >= 4 is 11.6 Å². The van der Waals surface area contributed by atoms with Crippen molar-refractivity contribution in [3.05, 3.63) is 30.3 Å². The van der Waals surface area contributed by atoms with Gasteiger partial charge in [-0.25, -0.2) is 0 Å². The number of carbonyl (C=O) groups excluding carboxylic acids is 1. The summed E-state index contributed by atoms with van der Waals surface area (Å²) in [4.78, 5) is 15.0. The van der Waals surface area contributed by atoms with Crippen LogP contribution in [0.4, 0.5) is 5.69 Å². The van der Waals surface area contributed by atoms with Crippen LogP contribution >= 0.6 is 0 Å². The van der Waals surface area contributed by atoms with Gasteiger partial charge in [0.1, 0.15) is 0 Å². The quantitative estimate of drug-likeness (QED) is 0.810. The minimum Gasteiger partial charge on any atom is -0.326 e. The Morgan fingerprint density at radius 1 is 1.33 bits per heavy atom. The van der Waals surface area contributed by atoms with Gasteiger partial charge in [0, 0.05) is 31.4 Å². The molecular weight excluding hydrogens is 262 g/mol. The van der Waals surface area contributed by atoms with Gasteiger partial charge in [0.2, 0.25) is 5.91 Å². The monoisotopic (exact) mass is 289 g/mol. The molecule has 0 atom stereocenters. The average molecular weight is 289 g/mol. The van der Waals surface area contributed by atoms with Crippen LogP contribution < -0.4 is 10.6 Å². The van der Waals surface area contributed by atoms with Crippen LogP contribution in [-0.2, 0) is 4.79 Å². The SMILES string of the molecule is CCCN(CC(C)(C)C(=O)Nc1ccccc1)C1CNC1. The van der Waals surface area contributed by atoms with Crippen LogP contribution in [0.1, 0.15) is 27.2 Å². The van der Waals surface area contributed by atoms with Crippen molar-refractivity contribution in [1.29, 1.82) is 0 Å². The second-order valence-corrected chi connectivity index (χ2v) is 6.49. The van der Waals surface area contributed by atoms with Crippen molar-refractivity contribution in [3.63, 3.8) is 0 Å². The highest BCUT2D eigenvalue weighted by molar-refractivity contribution is 5.94. The van der Waals surface area contributed by atoms with Crippen molar-refractivity contribution in [1.82, 2.24) is 10.2 Å². The molecule has 1 aliphatic heterocycles. The molecule has 0 spiro atoms. The Kier molecular flexibility index (Phi) is 5.37. The second-order valence-electron chi connectivity index (χ2n) is 6.49. The summed E-state index contributed by atoms with van der Waals surface area (Å²) in [5.74, 6) is 0.0853. The minimum atomic E-state index is -0.402. The highest BCUT2D eigenvalue weighted by atomic mass is 16.2. The molecule has 4 nitrogen and oxygen atoms in total. The largest absolute Gasteiger partial charge is 0.326 e. The van der Waals surface area contributed by atoms with Gasteiger partial charge in [-0.1, -0.05) is 25.1 Å². The third-order valence-electron chi connectivity index (χ3n) is 4.03. The van der Waals surface area contributed by atoms with Gasteiger partial charge in [-0.3, -0.25) is 9.69 Å². The number of hydrogen-bond donors (Lipinski definition) is 2. The number of nitrogens with zero attached hydrogens (tertiary/aromatic N) is 1. The molecule has 1 aromatic carbocycles. The maximum absolute atomic E-state index is 12.5. The fourth-order valence-corrected chi connectivity index (χ4v) is 2.61. The van der Waals surface area contributed by atoms with E-state index in [4.69, 9.17) is 0 Å². The smallest absolute Gasteiger partial charge is 0.231 e. The number of nitrogens with one attached hydrogen (secondary N) is 2. The van der Waals surface area contributed by atoms with Gasteiger partial charge in [0.25, 0.3) is 0 Å². The van der Waals surface area contributed by atoms with E-state index in [0.717, 1.165) is 38.3 Å². The molecular formula is C17H27N3O. The van der Waals surface area contributed by atoms with Crippen molar-refractivity contribution < 1.29 is 4.79 Å². The molecule has 1 amide bonds. The first-order valence-corrected chi connectivity index (χ1v) is 7.84. The average Bonchev–Trinajstić information content (AvgIpc) is 2.37. The van der Waals surface area contributed by atoms with Gasteiger partial charge in [-0.15, -0.1) is 0 Å². The summed E-state index contributed by atoms with van der Waals surface area (Å²) in [5, 5.41) is 6.34. The highest BCUT2D eigenvalue weighted by Gasteiger charge is 2.34. The van der Waals surface area contributed by atoms with E-state index in [9.17, 15) is 4.79 Å². The summed E-state index contributed by atoms with van der Waals surface area (Å²) < 4.78 is 0. The first-order chi connectivity index (χ1) is 10.0. The standard InChI is InChI=1S/C17H27N3O/c1-4-10-20(15-11-18-12-15)13-17(2,3)16(21)19-14-8-6-5-7-9-14/h5-9,15,18H,4,10-13H2,1-3H3,(H,19,21). The van der Waals surface area contributed by atoms with E-state index in [1.807, 2.05) is 44.2 Å². The summed E-state index contributed by atoms with van der Waals surface area (Å²) in [6.45, 7) is 10.2. The molecule has 0 radical (unpaired) electrons. The van der Waals surface area contributed by atoms with Crippen LogP contribution in [0.5, 0.6) is 0 Å². The van der Waals surface area contributed by atoms with E-state index < -0.39 is 5.41 Å². The Balaban J connectivity index is 1.96. The van der Waals surface area contributed by atoms with Crippen LogP contribution in [0.3, 0.4) is 0 Å². The predicted molar refractivity (Wildman–Crippen MR) is 87.4 cm³/mol. The Morgan fingerprint density at radius 2 is 2.00 bits per heavy atom. The molecule has 0 aromatic heterocycles. The number of hydrogen-bond acceptors (Lipinski definition) is 3. The van der Waals surface area contributed by atoms with Crippen molar-refractivity contribution in [3.8, 4) is 0 Å². The van der Waals surface area contributed by atoms with E-state index in [1.54, 1.807) is 0 Å². The van der Waals surface area contributed by atoms with E-state index in [1.165, 1.54) is 0 Å². The molecule has 1 saturated heterocycles.